The van der Waals surface area contributed by atoms with Gasteiger partial charge in [0.1, 0.15) is 22.8 Å². The van der Waals surface area contributed by atoms with Gasteiger partial charge in [-0.2, -0.15) is 0 Å². The largest absolute Gasteiger partial charge is 0.508 e. The number of hydrogen-bond acceptors (Lipinski definition) is 6. The monoisotopic (exact) mass is 288 g/mol. The van der Waals surface area contributed by atoms with Crippen LogP contribution in [0.4, 0.5) is 0 Å². The quantitative estimate of drug-likeness (QED) is 0.663. The third kappa shape index (κ3) is 3.30. The zero-order valence-corrected chi connectivity index (χ0v) is 11.1. The fourth-order valence-electron chi connectivity index (χ4n) is 1.63. The molecule has 2 aromatic rings. The van der Waals surface area contributed by atoms with Crippen LogP contribution in [-0.4, -0.2) is 29.3 Å². The number of esters is 2. The van der Waals surface area contributed by atoms with Crippen LogP contribution in [0.2, 0.25) is 0 Å². The SMILES string of the molecule is COC(=O)c1ccc(OC(=O)c2ccc(O)cc2O)cc1. The number of phenols is 2. The molecule has 21 heavy (non-hydrogen) atoms. The Hall–Kier alpha value is -3.02. The first kappa shape index (κ1) is 14.4. The van der Waals surface area contributed by atoms with Crippen LogP contribution < -0.4 is 4.74 Å². The van der Waals surface area contributed by atoms with E-state index in [1.54, 1.807) is 0 Å². The molecule has 0 radical (unpaired) electrons. The van der Waals surface area contributed by atoms with Crippen molar-refractivity contribution in [2.24, 2.45) is 0 Å². The molecule has 0 aliphatic carbocycles. The molecule has 6 heteroatoms. The average molecular weight is 288 g/mol. The molecule has 0 spiro atoms. The maximum atomic E-state index is 11.9. The van der Waals surface area contributed by atoms with Gasteiger partial charge in [0.2, 0.25) is 0 Å². The number of carbonyl (C=O) groups excluding carboxylic acids is 2. The number of methoxy groups -OCH3 is 1. The molecular formula is C15H12O6. The average Bonchev–Trinajstić information content (AvgIpc) is 2.47. The number of rotatable bonds is 3. The zero-order chi connectivity index (χ0) is 15.4. The summed E-state index contributed by atoms with van der Waals surface area (Å²) in [6.45, 7) is 0. The summed E-state index contributed by atoms with van der Waals surface area (Å²) < 4.78 is 9.61. The molecule has 0 bridgehead atoms. The summed E-state index contributed by atoms with van der Waals surface area (Å²) in [5.41, 5.74) is 0.245. The van der Waals surface area contributed by atoms with Gasteiger partial charge in [-0.1, -0.05) is 0 Å². The van der Waals surface area contributed by atoms with Crippen molar-refractivity contribution in [3.63, 3.8) is 0 Å². The van der Waals surface area contributed by atoms with Crippen LogP contribution in [0.5, 0.6) is 17.2 Å². The van der Waals surface area contributed by atoms with Crippen LogP contribution in [0.25, 0.3) is 0 Å². The molecule has 2 N–H and O–H groups in total. The van der Waals surface area contributed by atoms with Crippen molar-refractivity contribution in [2.75, 3.05) is 7.11 Å². The minimum Gasteiger partial charge on any atom is -0.508 e. The van der Waals surface area contributed by atoms with Crippen molar-refractivity contribution in [3.8, 4) is 17.2 Å². The maximum absolute atomic E-state index is 11.9. The lowest BCUT2D eigenvalue weighted by Crippen LogP contribution is -2.09. The fourth-order valence-corrected chi connectivity index (χ4v) is 1.63. The molecule has 0 saturated carbocycles. The number of carbonyl (C=O) groups is 2. The molecule has 0 aliphatic rings. The van der Waals surface area contributed by atoms with Crippen LogP contribution in [0.3, 0.4) is 0 Å². The molecule has 0 aliphatic heterocycles. The summed E-state index contributed by atoms with van der Waals surface area (Å²) in [5.74, 6) is -1.61. The van der Waals surface area contributed by atoms with Gasteiger partial charge in [-0.05, 0) is 36.4 Å². The molecular weight excluding hydrogens is 276 g/mol. The van der Waals surface area contributed by atoms with E-state index >= 15 is 0 Å². The van der Waals surface area contributed by atoms with Gasteiger partial charge in [0.15, 0.2) is 0 Å². The molecule has 0 aromatic heterocycles. The molecule has 0 unspecified atom stereocenters. The summed E-state index contributed by atoms with van der Waals surface area (Å²) in [6, 6.07) is 9.31. The van der Waals surface area contributed by atoms with Crippen molar-refractivity contribution >= 4 is 11.9 Å². The molecule has 2 aromatic carbocycles. The molecule has 6 nitrogen and oxygen atoms in total. The highest BCUT2D eigenvalue weighted by Crippen LogP contribution is 2.24. The van der Waals surface area contributed by atoms with E-state index < -0.39 is 11.9 Å². The van der Waals surface area contributed by atoms with E-state index in [1.165, 1.54) is 43.5 Å². The first-order chi connectivity index (χ1) is 10.0. The number of benzene rings is 2. The van der Waals surface area contributed by atoms with Gasteiger partial charge in [-0.15, -0.1) is 0 Å². The zero-order valence-electron chi connectivity index (χ0n) is 11.1. The van der Waals surface area contributed by atoms with Crippen LogP contribution in [0.1, 0.15) is 20.7 Å². The Labute approximate surface area is 120 Å². The van der Waals surface area contributed by atoms with Gasteiger partial charge >= 0.3 is 11.9 Å². The summed E-state index contributed by atoms with van der Waals surface area (Å²) in [4.78, 5) is 23.1. The predicted molar refractivity (Wildman–Crippen MR) is 72.5 cm³/mol. The van der Waals surface area contributed by atoms with Crippen LogP contribution >= 0.6 is 0 Å². The predicted octanol–water partition coefficient (Wildman–Crippen LogP) is 2.10. The number of hydrogen-bond donors (Lipinski definition) is 2. The molecule has 0 atom stereocenters. The van der Waals surface area contributed by atoms with Gasteiger partial charge in [-0.25, -0.2) is 9.59 Å². The third-order valence-electron chi connectivity index (χ3n) is 2.69. The first-order valence-corrected chi connectivity index (χ1v) is 5.94. The Morgan fingerprint density at radius 2 is 1.62 bits per heavy atom. The number of aromatic hydroxyl groups is 2. The molecule has 2 rings (SSSR count). The van der Waals surface area contributed by atoms with Gasteiger partial charge in [-0.3, -0.25) is 0 Å². The number of phenolic OH excluding ortho intramolecular Hbond substituents is 2. The fraction of sp³-hybridized carbons (Fsp3) is 0.0667. The Morgan fingerprint density at radius 1 is 0.952 bits per heavy atom. The lowest BCUT2D eigenvalue weighted by atomic mass is 10.2. The highest BCUT2D eigenvalue weighted by atomic mass is 16.5. The minimum absolute atomic E-state index is 0.0788. The van der Waals surface area contributed by atoms with E-state index in [0.717, 1.165) is 6.07 Å². The van der Waals surface area contributed by atoms with E-state index in [-0.39, 0.29) is 22.8 Å². The van der Waals surface area contributed by atoms with Gasteiger partial charge in [0.25, 0.3) is 0 Å². The Morgan fingerprint density at radius 3 is 2.19 bits per heavy atom. The van der Waals surface area contributed by atoms with Gasteiger partial charge < -0.3 is 19.7 Å². The lowest BCUT2D eigenvalue weighted by molar-refractivity contribution is 0.0600. The van der Waals surface area contributed by atoms with Crippen molar-refractivity contribution in [1.82, 2.24) is 0 Å². The van der Waals surface area contributed by atoms with Crippen molar-refractivity contribution in [3.05, 3.63) is 53.6 Å². The highest BCUT2D eigenvalue weighted by Gasteiger charge is 2.14. The first-order valence-electron chi connectivity index (χ1n) is 5.94. The highest BCUT2D eigenvalue weighted by molar-refractivity contribution is 5.94. The van der Waals surface area contributed by atoms with Gasteiger partial charge in [0.05, 0.1) is 12.7 Å². The van der Waals surface area contributed by atoms with Crippen molar-refractivity contribution < 1.29 is 29.3 Å². The second-order valence-corrected chi connectivity index (χ2v) is 4.11. The Balaban J connectivity index is 2.14. The molecule has 0 saturated heterocycles. The summed E-state index contributed by atoms with van der Waals surface area (Å²) >= 11 is 0. The van der Waals surface area contributed by atoms with E-state index in [4.69, 9.17) is 9.84 Å². The summed E-state index contributed by atoms with van der Waals surface area (Å²) in [6.07, 6.45) is 0. The number of ether oxygens (including phenoxy) is 2. The Bertz CT molecular complexity index is 675. The van der Waals surface area contributed by atoms with Crippen molar-refractivity contribution in [1.29, 1.82) is 0 Å². The molecule has 108 valence electrons. The maximum Gasteiger partial charge on any atom is 0.347 e. The van der Waals surface area contributed by atoms with Crippen LogP contribution in [-0.2, 0) is 4.74 Å². The Kier molecular flexibility index (Phi) is 4.08. The lowest BCUT2D eigenvalue weighted by Gasteiger charge is -2.06. The van der Waals surface area contributed by atoms with E-state index in [0.29, 0.717) is 5.56 Å². The third-order valence-corrected chi connectivity index (χ3v) is 2.69. The topological polar surface area (TPSA) is 93.1 Å². The van der Waals surface area contributed by atoms with Crippen LogP contribution in [0.15, 0.2) is 42.5 Å². The van der Waals surface area contributed by atoms with Crippen molar-refractivity contribution in [2.45, 2.75) is 0 Å². The smallest absolute Gasteiger partial charge is 0.347 e. The summed E-state index contributed by atoms with van der Waals surface area (Å²) in [7, 11) is 1.27. The second-order valence-electron chi connectivity index (χ2n) is 4.11. The minimum atomic E-state index is -0.779. The summed E-state index contributed by atoms with van der Waals surface area (Å²) in [5, 5.41) is 18.7. The van der Waals surface area contributed by atoms with Crippen LogP contribution in [0, 0.1) is 0 Å². The molecule has 0 fully saturated rings. The standard InChI is InChI=1S/C15H12O6/c1-20-14(18)9-2-5-11(6-3-9)21-15(19)12-7-4-10(16)8-13(12)17/h2-8,16-17H,1H3. The van der Waals surface area contributed by atoms with E-state index in [1.807, 2.05) is 0 Å². The molecule has 0 heterocycles. The van der Waals surface area contributed by atoms with Gasteiger partial charge in [0, 0.05) is 6.07 Å². The van der Waals surface area contributed by atoms with E-state index in [2.05, 4.69) is 4.74 Å². The molecule has 0 amide bonds. The second kappa shape index (κ2) is 5.96. The normalized spacial score (nSPS) is 9.95. The van der Waals surface area contributed by atoms with E-state index in [9.17, 15) is 14.7 Å².